The van der Waals surface area contributed by atoms with Crippen LogP contribution < -0.4 is 10.6 Å². The van der Waals surface area contributed by atoms with Crippen molar-refractivity contribution in [1.82, 2.24) is 15.0 Å². The zero-order valence-corrected chi connectivity index (χ0v) is 13.2. The molecule has 25 heavy (non-hydrogen) atoms. The summed E-state index contributed by atoms with van der Waals surface area (Å²) in [5, 5.41) is 9.34. The Labute approximate surface area is 138 Å². The molecule has 0 aliphatic heterocycles. The molecule has 3 N–H and O–H groups in total. The fourth-order valence-electron chi connectivity index (χ4n) is 2.18. The van der Waals surface area contributed by atoms with Crippen molar-refractivity contribution in [2.24, 2.45) is 0 Å². The molecule has 0 saturated heterocycles. The SMILES string of the molecule is C[C@@H](N(C)c1nc(N)nc(C2=C(F)[C@H](O)C(F)(F)CC2)n1)C(F)(F)F. The van der Waals surface area contributed by atoms with Crippen molar-refractivity contribution in [3.63, 3.8) is 0 Å². The molecule has 1 heterocycles. The third-order valence-electron chi connectivity index (χ3n) is 3.92. The topological polar surface area (TPSA) is 88.2 Å². The van der Waals surface area contributed by atoms with Crippen molar-refractivity contribution < 1.29 is 31.4 Å². The van der Waals surface area contributed by atoms with Crippen LogP contribution in [0, 0.1) is 0 Å². The minimum atomic E-state index is -4.59. The van der Waals surface area contributed by atoms with E-state index < -0.39 is 66.2 Å². The van der Waals surface area contributed by atoms with Gasteiger partial charge in [-0.2, -0.15) is 28.1 Å². The van der Waals surface area contributed by atoms with Gasteiger partial charge in [0.25, 0.3) is 5.92 Å². The molecule has 6 nitrogen and oxygen atoms in total. The van der Waals surface area contributed by atoms with Gasteiger partial charge in [0, 0.05) is 19.0 Å². The Morgan fingerprint density at radius 2 is 1.88 bits per heavy atom. The van der Waals surface area contributed by atoms with Gasteiger partial charge in [0.2, 0.25) is 11.9 Å². The normalized spacial score (nSPS) is 22.0. The monoisotopic (exact) mass is 371 g/mol. The van der Waals surface area contributed by atoms with Gasteiger partial charge in [-0.3, -0.25) is 0 Å². The number of nitrogen functional groups attached to an aromatic ring is 1. The molecular weight excluding hydrogens is 356 g/mol. The van der Waals surface area contributed by atoms with Gasteiger partial charge < -0.3 is 15.7 Å². The molecular formula is C13H15F6N5O. The largest absolute Gasteiger partial charge is 0.408 e. The van der Waals surface area contributed by atoms with E-state index in [0.717, 1.165) is 14.0 Å². The van der Waals surface area contributed by atoms with Crippen molar-refractivity contribution >= 4 is 17.5 Å². The van der Waals surface area contributed by atoms with Crippen LogP contribution in [0.1, 0.15) is 25.6 Å². The van der Waals surface area contributed by atoms with Crippen LogP contribution in [0.2, 0.25) is 0 Å². The molecule has 2 atom stereocenters. The lowest BCUT2D eigenvalue weighted by molar-refractivity contribution is -0.144. The highest BCUT2D eigenvalue weighted by molar-refractivity contribution is 5.65. The number of anilines is 2. The van der Waals surface area contributed by atoms with E-state index in [9.17, 15) is 31.4 Å². The molecule has 0 radical (unpaired) electrons. The first-order valence-corrected chi connectivity index (χ1v) is 7.10. The van der Waals surface area contributed by atoms with Crippen molar-refractivity contribution in [3.05, 3.63) is 11.7 Å². The Balaban J connectivity index is 2.45. The van der Waals surface area contributed by atoms with Crippen LogP contribution in [0.4, 0.5) is 38.2 Å². The molecule has 0 saturated carbocycles. The second-order valence-corrected chi connectivity index (χ2v) is 5.64. The summed E-state index contributed by atoms with van der Waals surface area (Å²) in [5.74, 6) is -6.70. The number of rotatable bonds is 3. The molecule has 1 aliphatic carbocycles. The highest BCUT2D eigenvalue weighted by Gasteiger charge is 2.46. The fraction of sp³-hybridized carbons (Fsp3) is 0.615. The predicted molar refractivity (Wildman–Crippen MR) is 76.4 cm³/mol. The van der Waals surface area contributed by atoms with E-state index in [1.54, 1.807) is 0 Å². The van der Waals surface area contributed by atoms with E-state index in [-0.39, 0.29) is 0 Å². The van der Waals surface area contributed by atoms with Gasteiger partial charge in [0.1, 0.15) is 11.9 Å². The highest BCUT2D eigenvalue weighted by Crippen LogP contribution is 2.41. The molecule has 0 aromatic carbocycles. The van der Waals surface area contributed by atoms with Crippen LogP contribution in [0.5, 0.6) is 0 Å². The molecule has 0 amide bonds. The summed E-state index contributed by atoms with van der Waals surface area (Å²) in [7, 11) is 1.05. The number of hydrogen-bond acceptors (Lipinski definition) is 6. The third-order valence-corrected chi connectivity index (χ3v) is 3.92. The first kappa shape index (κ1) is 19.2. The van der Waals surface area contributed by atoms with Crippen molar-refractivity contribution in [1.29, 1.82) is 0 Å². The molecule has 12 heteroatoms. The molecule has 0 unspecified atom stereocenters. The molecule has 1 aliphatic rings. The van der Waals surface area contributed by atoms with Crippen LogP contribution in [-0.2, 0) is 0 Å². The first-order chi connectivity index (χ1) is 11.3. The Kier molecular flexibility index (Phi) is 4.86. The maximum atomic E-state index is 14.1. The summed E-state index contributed by atoms with van der Waals surface area (Å²) in [6, 6.07) is -1.98. The lowest BCUT2D eigenvalue weighted by atomic mass is 9.92. The Morgan fingerprint density at radius 1 is 1.28 bits per heavy atom. The summed E-state index contributed by atoms with van der Waals surface area (Å²) in [6.07, 6.45) is -8.65. The van der Waals surface area contributed by atoms with Crippen LogP contribution in [-0.4, -0.2) is 51.4 Å². The van der Waals surface area contributed by atoms with Crippen molar-refractivity contribution in [3.8, 4) is 0 Å². The van der Waals surface area contributed by atoms with Crippen LogP contribution in [0.3, 0.4) is 0 Å². The summed E-state index contributed by atoms with van der Waals surface area (Å²) in [4.78, 5) is 11.5. The molecule has 0 bridgehead atoms. The van der Waals surface area contributed by atoms with Crippen LogP contribution in [0.25, 0.3) is 5.57 Å². The second-order valence-electron chi connectivity index (χ2n) is 5.64. The van der Waals surface area contributed by atoms with E-state index >= 15 is 0 Å². The summed E-state index contributed by atoms with van der Waals surface area (Å²) in [5.41, 5.74) is 4.98. The smallest absolute Gasteiger partial charge is 0.380 e. The van der Waals surface area contributed by atoms with E-state index in [4.69, 9.17) is 5.73 Å². The number of hydrogen-bond donors (Lipinski definition) is 2. The van der Waals surface area contributed by atoms with Gasteiger partial charge in [0.05, 0.1) is 0 Å². The van der Waals surface area contributed by atoms with Crippen LogP contribution >= 0.6 is 0 Å². The number of halogens is 6. The van der Waals surface area contributed by atoms with Gasteiger partial charge in [-0.1, -0.05) is 0 Å². The van der Waals surface area contributed by atoms with Gasteiger partial charge in [-0.15, -0.1) is 0 Å². The number of aromatic nitrogens is 3. The molecule has 1 aromatic heterocycles. The first-order valence-electron chi connectivity index (χ1n) is 7.10. The average molecular weight is 371 g/mol. The standard InChI is InChI=1S/C13H15F6N5O/c1-5(13(17,18)19)24(2)11-22-9(21-10(20)23-11)6-3-4-12(15,16)8(25)7(6)14/h5,8,25H,3-4H2,1-2H3,(H2,20,21,22,23)/t5-,8+/m1/s1. The quantitative estimate of drug-likeness (QED) is 0.793. The average Bonchev–Trinajstić information content (AvgIpc) is 2.49. The van der Waals surface area contributed by atoms with Gasteiger partial charge in [0.15, 0.2) is 11.9 Å². The van der Waals surface area contributed by atoms with Gasteiger partial charge in [-0.05, 0) is 13.3 Å². The molecule has 0 spiro atoms. The Bertz CT molecular complexity index is 692. The van der Waals surface area contributed by atoms with Crippen molar-refractivity contribution in [2.75, 3.05) is 17.7 Å². The van der Waals surface area contributed by atoms with Gasteiger partial charge >= 0.3 is 6.18 Å². The number of allylic oxidation sites excluding steroid dienone is 1. The van der Waals surface area contributed by atoms with E-state index in [1.165, 1.54) is 0 Å². The lowest BCUT2D eigenvalue weighted by Gasteiger charge is -2.29. The number of aliphatic hydroxyl groups excluding tert-OH is 1. The number of alkyl halides is 5. The van der Waals surface area contributed by atoms with Gasteiger partial charge in [-0.25, -0.2) is 13.2 Å². The maximum absolute atomic E-state index is 14.1. The Hall–Kier alpha value is -2.11. The molecule has 2 rings (SSSR count). The lowest BCUT2D eigenvalue weighted by Crippen LogP contribution is -2.42. The summed E-state index contributed by atoms with van der Waals surface area (Å²) in [6.45, 7) is 0.852. The number of nitrogens with zero attached hydrogens (tertiary/aromatic N) is 4. The zero-order chi connectivity index (χ0) is 19.2. The summed E-state index contributed by atoms with van der Waals surface area (Å²) >= 11 is 0. The highest BCUT2D eigenvalue weighted by atomic mass is 19.4. The molecule has 140 valence electrons. The minimum absolute atomic E-state index is 0.443. The van der Waals surface area contributed by atoms with Crippen molar-refractivity contribution in [2.45, 2.75) is 44.0 Å². The van der Waals surface area contributed by atoms with E-state index in [2.05, 4.69) is 15.0 Å². The zero-order valence-electron chi connectivity index (χ0n) is 13.2. The minimum Gasteiger partial charge on any atom is -0.380 e. The van der Waals surface area contributed by atoms with Crippen LogP contribution in [0.15, 0.2) is 5.83 Å². The maximum Gasteiger partial charge on any atom is 0.408 e. The second kappa shape index (κ2) is 6.32. The molecule has 0 fully saturated rings. The fourth-order valence-corrected chi connectivity index (χ4v) is 2.18. The van der Waals surface area contributed by atoms with E-state index in [1.807, 2.05) is 0 Å². The molecule has 1 aromatic rings. The third kappa shape index (κ3) is 3.78. The predicted octanol–water partition coefficient (Wildman–Crippen LogP) is 2.31. The number of nitrogens with two attached hydrogens (primary N) is 1. The number of aliphatic hydroxyl groups is 1. The summed E-state index contributed by atoms with van der Waals surface area (Å²) < 4.78 is 79.1. The Morgan fingerprint density at radius 3 is 2.44 bits per heavy atom. The van der Waals surface area contributed by atoms with E-state index in [0.29, 0.717) is 4.90 Å².